The van der Waals surface area contributed by atoms with Gasteiger partial charge in [0, 0.05) is 23.7 Å². The van der Waals surface area contributed by atoms with Gasteiger partial charge in [0.25, 0.3) is 0 Å². The molecule has 0 bridgehead atoms. The van der Waals surface area contributed by atoms with Gasteiger partial charge >= 0.3 is 0 Å². The molecular formula is C17H27NOS. The van der Waals surface area contributed by atoms with Crippen LogP contribution < -0.4 is 5.73 Å². The van der Waals surface area contributed by atoms with Crippen molar-refractivity contribution in [2.45, 2.75) is 51.0 Å². The summed E-state index contributed by atoms with van der Waals surface area (Å²) in [6.45, 7) is 7.57. The summed E-state index contributed by atoms with van der Waals surface area (Å²) in [5.41, 5.74) is 8.96. The smallest absolute Gasteiger partial charge is 0.0666 e. The lowest BCUT2D eigenvalue weighted by atomic mass is 10.0. The molecular weight excluding hydrogens is 266 g/mol. The van der Waals surface area contributed by atoms with E-state index in [9.17, 15) is 0 Å². The largest absolute Gasteiger partial charge is 0.377 e. The third kappa shape index (κ3) is 4.51. The molecule has 1 fully saturated rings. The molecule has 3 heteroatoms. The highest BCUT2D eigenvalue weighted by atomic mass is 32.2. The van der Waals surface area contributed by atoms with Crippen molar-refractivity contribution in [3.05, 3.63) is 35.4 Å². The Bertz CT molecular complexity index is 404. The molecule has 3 atom stereocenters. The lowest BCUT2D eigenvalue weighted by molar-refractivity contribution is 0.127. The molecule has 20 heavy (non-hydrogen) atoms. The zero-order chi connectivity index (χ0) is 14.5. The van der Waals surface area contributed by atoms with Gasteiger partial charge in [-0.05, 0) is 36.8 Å². The predicted molar refractivity (Wildman–Crippen MR) is 88.2 cm³/mol. The zero-order valence-electron chi connectivity index (χ0n) is 12.8. The molecule has 1 aromatic carbocycles. The van der Waals surface area contributed by atoms with Crippen LogP contribution in [0.15, 0.2) is 24.3 Å². The number of nitrogens with two attached hydrogens (primary N) is 1. The van der Waals surface area contributed by atoms with Crippen molar-refractivity contribution in [2.75, 3.05) is 12.4 Å². The monoisotopic (exact) mass is 293 g/mol. The van der Waals surface area contributed by atoms with E-state index in [1.165, 1.54) is 11.1 Å². The number of hydrogen-bond acceptors (Lipinski definition) is 3. The summed E-state index contributed by atoms with van der Waals surface area (Å²) in [5.74, 6) is 1.68. The summed E-state index contributed by atoms with van der Waals surface area (Å²) in [7, 11) is 0. The Morgan fingerprint density at radius 3 is 2.55 bits per heavy atom. The fraction of sp³-hybridized carbons (Fsp3) is 0.647. The Hall–Kier alpha value is -0.510. The van der Waals surface area contributed by atoms with E-state index in [-0.39, 0.29) is 6.04 Å². The van der Waals surface area contributed by atoms with E-state index in [0.717, 1.165) is 25.2 Å². The number of rotatable bonds is 6. The Morgan fingerprint density at radius 1 is 1.30 bits per heavy atom. The van der Waals surface area contributed by atoms with E-state index in [1.54, 1.807) is 0 Å². The first kappa shape index (κ1) is 15.9. The third-order valence-electron chi connectivity index (χ3n) is 3.85. The fourth-order valence-electron chi connectivity index (χ4n) is 2.63. The molecule has 1 aliphatic heterocycles. The minimum atomic E-state index is 0.126. The van der Waals surface area contributed by atoms with E-state index >= 15 is 0 Å². The van der Waals surface area contributed by atoms with Crippen molar-refractivity contribution in [2.24, 2.45) is 11.7 Å². The molecule has 2 N–H and O–H groups in total. The van der Waals surface area contributed by atoms with Crippen LogP contribution in [0.5, 0.6) is 0 Å². The first-order valence-electron chi connectivity index (χ1n) is 7.64. The van der Waals surface area contributed by atoms with Crippen molar-refractivity contribution in [3.8, 4) is 0 Å². The molecule has 0 aromatic heterocycles. The summed E-state index contributed by atoms with van der Waals surface area (Å²) < 4.78 is 5.59. The zero-order valence-corrected chi connectivity index (χ0v) is 13.7. The second-order valence-electron chi connectivity index (χ2n) is 6.18. The highest BCUT2D eigenvalue weighted by Gasteiger charge is 2.25. The third-order valence-corrected chi connectivity index (χ3v) is 5.45. The van der Waals surface area contributed by atoms with Gasteiger partial charge in [0.1, 0.15) is 0 Å². The summed E-state index contributed by atoms with van der Waals surface area (Å²) >= 11 is 1.96. The summed E-state index contributed by atoms with van der Waals surface area (Å²) in [4.78, 5) is 0. The van der Waals surface area contributed by atoms with Gasteiger partial charge in [-0.15, -0.1) is 0 Å². The molecule has 0 aliphatic carbocycles. The van der Waals surface area contributed by atoms with Gasteiger partial charge in [-0.25, -0.2) is 0 Å². The van der Waals surface area contributed by atoms with Gasteiger partial charge in [-0.1, -0.05) is 38.1 Å². The van der Waals surface area contributed by atoms with E-state index in [0.29, 0.717) is 17.3 Å². The Labute approximate surface area is 127 Å². The molecule has 1 saturated heterocycles. The van der Waals surface area contributed by atoms with Crippen molar-refractivity contribution in [1.82, 2.24) is 0 Å². The average Bonchev–Trinajstić information content (AvgIpc) is 2.82. The lowest BCUT2D eigenvalue weighted by Crippen LogP contribution is -2.19. The van der Waals surface area contributed by atoms with Crippen molar-refractivity contribution in [1.29, 1.82) is 0 Å². The Morgan fingerprint density at radius 2 is 2.00 bits per heavy atom. The highest BCUT2D eigenvalue weighted by Crippen LogP contribution is 2.29. The molecule has 1 aromatic rings. The summed E-state index contributed by atoms with van der Waals surface area (Å²) in [6.07, 6.45) is 2.67. The predicted octanol–water partition coefficient (Wildman–Crippen LogP) is 3.80. The molecule has 0 spiro atoms. The first-order valence-corrected chi connectivity index (χ1v) is 8.68. The van der Waals surface area contributed by atoms with Gasteiger partial charge in [0.15, 0.2) is 0 Å². The minimum Gasteiger partial charge on any atom is -0.377 e. The SMILES string of the molecule is CC(C)Cc1ccc(C(N)CSC2CCOC2C)cc1. The van der Waals surface area contributed by atoms with Crippen molar-refractivity contribution < 1.29 is 4.74 Å². The Kier molecular flexibility index (Phi) is 5.94. The standard InChI is InChI=1S/C17H27NOS/c1-12(2)10-14-4-6-15(7-5-14)16(18)11-20-17-8-9-19-13(17)3/h4-7,12-13,16-17H,8-11,18H2,1-3H3. The maximum atomic E-state index is 6.31. The molecule has 3 unspecified atom stereocenters. The van der Waals surface area contributed by atoms with Crippen LogP contribution in [0.1, 0.15) is 44.4 Å². The van der Waals surface area contributed by atoms with Crippen LogP contribution >= 0.6 is 11.8 Å². The van der Waals surface area contributed by atoms with Crippen LogP contribution in [-0.2, 0) is 11.2 Å². The van der Waals surface area contributed by atoms with Gasteiger partial charge in [0.2, 0.25) is 0 Å². The molecule has 112 valence electrons. The van der Waals surface area contributed by atoms with Crippen LogP contribution in [-0.4, -0.2) is 23.7 Å². The van der Waals surface area contributed by atoms with Gasteiger partial charge < -0.3 is 10.5 Å². The van der Waals surface area contributed by atoms with Crippen LogP contribution in [0.25, 0.3) is 0 Å². The van der Waals surface area contributed by atoms with E-state index < -0.39 is 0 Å². The summed E-state index contributed by atoms with van der Waals surface area (Å²) in [6, 6.07) is 8.96. The number of benzene rings is 1. The van der Waals surface area contributed by atoms with E-state index in [4.69, 9.17) is 10.5 Å². The topological polar surface area (TPSA) is 35.2 Å². The molecule has 2 nitrogen and oxygen atoms in total. The lowest BCUT2D eigenvalue weighted by Gasteiger charge is -2.17. The van der Waals surface area contributed by atoms with Crippen LogP contribution in [0.4, 0.5) is 0 Å². The molecule has 0 radical (unpaired) electrons. The van der Waals surface area contributed by atoms with Crippen LogP contribution in [0.2, 0.25) is 0 Å². The van der Waals surface area contributed by atoms with Crippen LogP contribution in [0, 0.1) is 5.92 Å². The van der Waals surface area contributed by atoms with Gasteiger partial charge in [-0.2, -0.15) is 11.8 Å². The molecule has 1 heterocycles. The van der Waals surface area contributed by atoms with E-state index in [1.807, 2.05) is 11.8 Å². The second-order valence-corrected chi connectivity index (χ2v) is 7.45. The van der Waals surface area contributed by atoms with Crippen molar-refractivity contribution >= 4 is 11.8 Å². The maximum absolute atomic E-state index is 6.31. The maximum Gasteiger partial charge on any atom is 0.0666 e. The Balaban J connectivity index is 1.84. The van der Waals surface area contributed by atoms with Crippen molar-refractivity contribution in [3.63, 3.8) is 0 Å². The first-order chi connectivity index (χ1) is 9.56. The van der Waals surface area contributed by atoms with Gasteiger partial charge in [-0.3, -0.25) is 0 Å². The fourth-order valence-corrected chi connectivity index (χ4v) is 3.89. The highest BCUT2D eigenvalue weighted by molar-refractivity contribution is 8.00. The minimum absolute atomic E-state index is 0.126. The quantitative estimate of drug-likeness (QED) is 0.866. The number of thioether (sulfide) groups is 1. The van der Waals surface area contributed by atoms with Gasteiger partial charge in [0.05, 0.1) is 6.10 Å². The summed E-state index contributed by atoms with van der Waals surface area (Å²) in [5, 5.41) is 0.612. The second kappa shape index (κ2) is 7.48. The van der Waals surface area contributed by atoms with E-state index in [2.05, 4.69) is 45.0 Å². The van der Waals surface area contributed by atoms with Crippen LogP contribution in [0.3, 0.4) is 0 Å². The average molecular weight is 293 g/mol. The molecule has 0 saturated carbocycles. The number of hydrogen-bond donors (Lipinski definition) is 1. The molecule has 1 aliphatic rings. The normalized spacial score (nSPS) is 24.2. The molecule has 2 rings (SSSR count). The number of ether oxygens (including phenoxy) is 1. The molecule has 0 amide bonds.